The second-order valence-electron chi connectivity index (χ2n) is 18.3. The standard InChI is InChI=1S/C50H61N7O7S/c1-30(2)43(54-48(60)63-7)46(58)57-28-38(65-8)24-41(57)39-23-37(25-51-39)34-16-14-32(15-17-34)33-18-20-35(21-19-33)40-26-52-45(53-40)42-22-31(29-62-6)27-56(42)47(59)44(36-12-10-9-11-13-36)55-49(61)64-50(3,4)5/h9-21,25-26,30-31,38,41-44H,22-24,27-29H2,1-8H3,(H,52,53)(H,54,60)(H,55,61)/t31-,38-,41-,42-,43-,44+/m0/s1. The number of carbonyl (C=O) groups is 4. The molecule has 4 amide bonds. The number of benzene rings is 3. The van der Waals surface area contributed by atoms with E-state index in [2.05, 4.69) is 70.4 Å². The van der Waals surface area contributed by atoms with E-state index in [1.54, 1.807) is 50.7 Å². The van der Waals surface area contributed by atoms with Crippen LogP contribution in [-0.4, -0.2) is 113 Å². The lowest BCUT2D eigenvalue weighted by Gasteiger charge is -2.31. The number of rotatable bonds is 14. The van der Waals surface area contributed by atoms with Crippen molar-refractivity contribution in [2.45, 2.75) is 88.9 Å². The Labute approximate surface area is 386 Å². The third kappa shape index (κ3) is 11.1. The number of aromatic nitrogens is 2. The fourth-order valence-corrected chi connectivity index (χ4v) is 9.60. The van der Waals surface area contributed by atoms with Crippen molar-refractivity contribution in [2.24, 2.45) is 16.8 Å². The number of hydrogen-bond acceptors (Lipinski definition) is 10. The molecule has 344 valence electrons. The topological polar surface area (TPSA) is 168 Å². The molecular formula is C50H61N7O7S. The molecule has 1 aromatic heterocycles. The Balaban J connectivity index is 1.02. The first kappa shape index (κ1) is 47.0. The Morgan fingerprint density at radius 2 is 1.46 bits per heavy atom. The van der Waals surface area contributed by atoms with Crippen molar-refractivity contribution in [1.82, 2.24) is 30.4 Å². The molecule has 2 saturated heterocycles. The fraction of sp³-hybridized carbons (Fsp3) is 0.440. The maximum Gasteiger partial charge on any atom is 0.408 e. The second-order valence-corrected chi connectivity index (χ2v) is 19.4. The molecule has 3 aliphatic heterocycles. The van der Waals surface area contributed by atoms with Gasteiger partial charge in [0.15, 0.2) is 0 Å². The highest BCUT2D eigenvalue weighted by Crippen LogP contribution is 2.38. The molecule has 0 saturated carbocycles. The van der Waals surface area contributed by atoms with E-state index in [0.29, 0.717) is 43.9 Å². The number of aliphatic imine (C=N–C) groups is 1. The second kappa shape index (κ2) is 20.5. The normalized spacial score (nSPS) is 20.6. The Morgan fingerprint density at radius 1 is 0.815 bits per heavy atom. The number of nitrogens with one attached hydrogen (secondary N) is 3. The number of carbonyl (C=O) groups excluding carboxylic acids is 4. The van der Waals surface area contributed by atoms with E-state index in [9.17, 15) is 19.2 Å². The monoisotopic (exact) mass is 903 g/mol. The number of amides is 4. The number of ether oxygens (including phenoxy) is 3. The van der Waals surface area contributed by atoms with E-state index in [1.807, 2.05) is 55.3 Å². The molecule has 4 heterocycles. The number of imidazole rings is 1. The van der Waals surface area contributed by atoms with Crippen LogP contribution in [0.1, 0.15) is 82.9 Å². The molecule has 0 bridgehead atoms. The number of H-pyrrole nitrogens is 1. The van der Waals surface area contributed by atoms with E-state index >= 15 is 0 Å². The van der Waals surface area contributed by atoms with Crippen molar-refractivity contribution in [2.75, 3.05) is 40.2 Å². The van der Waals surface area contributed by atoms with Crippen LogP contribution in [0.4, 0.5) is 9.59 Å². The summed E-state index contributed by atoms with van der Waals surface area (Å²) in [5.41, 5.74) is 6.95. The van der Waals surface area contributed by atoms with Gasteiger partial charge in [0.2, 0.25) is 5.91 Å². The maximum absolute atomic E-state index is 14.5. The predicted molar refractivity (Wildman–Crippen MR) is 254 cm³/mol. The van der Waals surface area contributed by atoms with Crippen molar-refractivity contribution in [3.05, 3.63) is 108 Å². The van der Waals surface area contributed by atoms with E-state index in [1.165, 1.54) is 7.11 Å². The van der Waals surface area contributed by atoms with E-state index in [-0.39, 0.29) is 41.0 Å². The number of nitrogens with zero attached hydrogens (tertiary/aromatic N) is 4. The van der Waals surface area contributed by atoms with Crippen molar-refractivity contribution < 1.29 is 33.4 Å². The van der Waals surface area contributed by atoms with Gasteiger partial charge in [-0.25, -0.2) is 14.6 Å². The minimum absolute atomic E-state index is 0.0765. The van der Waals surface area contributed by atoms with E-state index in [4.69, 9.17) is 24.2 Å². The molecule has 6 atom stereocenters. The molecular weight excluding hydrogens is 843 g/mol. The third-order valence-corrected chi connectivity index (χ3v) is 13.2. The van der Waals surface area contributed by atoms with Gasteiger partial charge in [0.05, 0.1) is 37.7 Å². The quantitative estimate of drug-likeness (QED) is 0.113. The summed E-state index contributed by atoms with van der Waals surface area (Å²) in [7, 11) is 2.96. The van der Waals surface area contributed by atoms with Crippen LogP contribution in [0.3, 0.4) is 0 Å². The lowest BCUT2D eigenvalue weighted by Crippen LogP contribution is -2.53. The fourth-order valence-electron chi connectivity index (χ4n) is 8.91. The zero-order valence-corrected chi connectivity index (χ0v) is 39.3. The summed E-state index contributed by atoms with van der Waals surface area (Å²) in [6.07, 6.45) is 6.59. The molecule has 0 spiro atoms. The number of aromatic amines is 1. The average Bonchev–Trinajstić information content (AvgIpc) is 4.13. The van der Waals surface area contributed by atoms with Crippen LogP contribution in [-0.2, 0) is 23.8 Å². The highest BCUT2D eigenvalue weighted by molar-refractivity contribution is 7.99. The van der Waals surface area contributed by atoms with Gasteiger partial charge in [-0.3, -0.25) is 14.6 Å². The summed E-state index contributed by atoms with van der Waals surface area (Å²) in [5, 5.41) is 5.86. The van der Waals surface area contributed by atoms with E-state index < -0.39 is 29.9 Å². The number of hydrogen-bond donors (Lipinski definition) is 3. The smallest absolute Gasteiger partial charge is 0.408 e. The molecule has 7 rings (SSSR count). The SMILES string of the molecule is COC[C@H]1C[C@@H](c2ncc(-c3ccc(-c4ccc(C5=CN=C([C@@H]6C[C@H](SC)CN6C(=O)[C@@H](NC(=O)OC)C(C)C)C5)cc4)cc3)[nH]2)N(C(=O)[C@H](NC(=O)OC(C)(C)C)c2ccccc2)C1. The molecule has 3 aliphatic rings. The molecule has 2 fully saturated rings. The van der Waals surface area contributed by atoms with Gasteiger partial charge in [0.25, 0.3) is 5.91 Å². The Hall–Kier alpha value is -5.93. The Kier molecular flexibility index (Phi) is 14.8. The lowest BCUT2D eigenvalue weighted by molar-refractivity contribution is -0.135. The first-order chi connectivity index (χ1) is 31.2. The number of alkyl carbamates (subject to hydrolysis) is 2. The first-order valence-electron chi connectivity index (χ1n) is 22.2. The summed E-state index contributed by atoms with van der Waals surface area (Å²) in [5.74, 6) is 0.266. The van der Waals surface area contributed by atoms with Crippen LogP contribution in [0.15, 0.2) is 96.3 Å². The van der Waals surface area contributed by atoms with Crippen LogP contribution >= 0.6 is 11.8 Å². The van der Waals surface area contributed by atoms with Crippen molar-refractivity contribution in [3.8, 4) is 22.4 Å². The summed E-state index contributed by atoms with van der Waals surface area (Å²) in [6, 6.07) is 23.8. The molecule has 3 aromatic carbocycles. The Bertz CT molecular complexity index is 2380. The molecule has 0 radical (unpaired) electrons. The van der Waals surface area contributed by atoms with Crippen molar-refractivity contribution >= 4 is 47.0 Å². The van der Waals surface area contributed by atoms with Crippen molar-refractivity contribution in [1.29, 1.82) is 0 Å². The van der Waals surface area contributed by atoms with Crippen LogP contribution < -0.4 is 10.6 Å². The highest BCUT2D eigenvalue weighted by atomic mass is 32.2. The lowest BCUT2D eigenvalue weighted by atomic mass is 9.95. The summed E-state index contributed by atoms with van der Waals surface area (Å²) >= 11 is 1.75. The minimum atomic E-state index is -0.957. The third-order valence-electron chi connectivity index (χ3n) is 12.2. The van der Waals surface area contributed by atoms with Gasteiger partial charge in [-0.2, -0.15) is 11.8 Å². The number of allylic oxidation sites excluding steroid dienone is 1. The minimum Gasteiger partial charge on any atom is -0.453 e. The number of methoxy groups -OCH3 is 2. The molecule has 15 heteroatoms. The molecule has 4 aromatic rings. The molecule has 3 N–H and O–H groups in total. The Morgan fingerprint density at radius 3 is 2.08 bits per heavy atom. The number of likely N-dealkylation sites (tertiary alicyclic amines) is 2. The largest absolute Gasteiger partial charge is 0.453 e. The van der Waals surface area contributed by atoms with Crippen LogP contribution in [0.5, 0.6) is 0 Å². The molecule has 0 unspecified atom stereocenters. The van der Waals surface area contributed by atoms with Gasteiger partial charge in [0, 0.05) is 49.7 Å². The van der Waals surface area contributed by atoms with Gasteiger partial charge in [-0.1, -0.05) is 92.7 Å². The summed E-state index contributed by atoms with van der Waals surface area (Å²) in [6.45, 7) is 10.7. The van der Waals surface area contributed by atoms with Crippen molar-refractivity contribution in [3.63, 3.8) is 0 Å². The van der Waals surface area contributed by atoms with Gasteiger partial charge in [-0.15, -0.1) is 0 Å². The van der Waals surface area contributed by atoms with Crippen LogP contribution in [0.25, 0.3) is 28.0 Å². The van der Waals surface area contributed by atoms with E-state index in [0.717, 1.165) is 45.7 Å². The molecule has 0 aliphatic carbocycles. The van der Waals surface area contributed by atoms with Crippen LogP contribution in [0.2, 0.25) is 0 Å². The van der Waals surface area contributed by atoms with Gasteiger partial charge in [-0.05, 0) is 79.2 Å². The average molecular weight is 904 g/mol. The van der Waals surface area contributed by atoms with Gasteiger partial charge in [0.1, 0.15) is 23.5 Å². The molecule has 65 heavy (non-hydrogen) atoms. The maximum atomic E-state index is 14.5. The summed E-state index contributed by atoms with van der Waals surface area (Å²) < 4.78 is 15.9. The predicted octanol–water partition coefficient (Wildman–Crippen LogP) is 8.44. The zero-order valence-electron chi connectivity index (χ0n) is 38.5. The van der Waals surface area contributed by atoms with Gasteiger partial charge < -0.3 is 39.6 Å². The van der Waals surface area contributed by atoms with Crippen LogP contribution in [0, 0.1) is 11.8 Å². The zero-order chi connectivity index (χ0) is 46.4. The molecule has 14 nitrogen and oxygen atoms in total. The number of thioether (sulfide) groups is 1. The van der Waals surface area contributed by atoms with Gasteiger partial charge >= 0.3 is 12.2 Å². The summed E-state index contributed by atoms with van der Waals surface area (Å²) in [4.78, 5) is 70.3. The highest BCUT2D eigenvalue weighted by Gasteiger charge is 2.43. The first-order valence-corrected chi connectivity index (χ1v) is 23.5.